The summed E-state index contributed by atoms with van der Waals surface area (Å²) in [6.45, 7) is 2.34. The van der Waals surface area contributed by atoms with Gasteiger partial charge >= 0.3 is 0 Å². The molecule has 0 saturated heterocycles. The fourth-order valence-electron chi connectivity index (χ4n) is 1.80. The van der Waals surface area contributed by atoms with Gasteiger partial charge in [0.05, 0.1) is 0 Å². The Hall–Kier alpha value is -0.490. The van der Waals surface area contributed by atoms with Gasteiger partial charge in [0.25, 0.3) is 0 Å². The zero-order valence-electron chi connectivity index (χ0n) is 6.92. The zero-order valence-corrected chi connectivity index (χ0v) is 9.08. The number of benzene rings is 1. The fourth-order valence-corrected chi connectivity index (χ4v) is 2.51. The van der Waals surface area contributed by atoms with Crippen LogP contribution in [0.3, 0.4) is 0 Å². The Morgan fingerprint density at radius 2 is 2.15 bits per heavy atom. The van der Waals surface area contributed by atoms with Gasteiger partial charge < -0.3 is 9.47 Å². The van der Waals surface area contributed by atoms with Crippen LogP contribution in [-0.4, -0.2) is 9.91 Å². The molecular weight excluding hydrogens is 281 g/mol. The highest BCUT2D eigenvalue weighted by Crippen LogP contribution is 2.41. The molecule has 0 aromatic heterocycles. The van der Waals surface area contributed by atoms with Crippen molar-refractivity contribution in [3.63, 3.8) is 0 Å². The number of nitrogens with zero attached hydrogens (tertiary/aromatic N) is 1. The summed E-state index contributed by atoms with van der Waals surface area (Å²) in [4.78, 5) is 0. The third kappa shape index (κ3) is 1.12. The van der Waals surface area contributed by atoms with E-state index in [4.69, 9.17) is 9.47 Å². The van der Waals surface area contributed by atoms with Crippen LogP contribution in [0.2, 0.25) is 0 Å². The minimum atomic E-state index is 0.368. The molecule has 0 N–H and O–H groups in total. The third-order valence-corrected chi connectivity index (χ3v) is 3.09. The van der Waals surface area contributed by atoms with Gasteiger partial charge in [-0.3, -0.25) is 0 Å². The van der Waals surface area contributed by atoms with Crippen LogP contribution in [0.5, 0.6) is 11.5 Å². The second-order valence-electron chi connectivity index (χ2n) is 3.22. The molecule has 0 amide bonds. The van der Waals surface area contributed by atoms with Gasteiger partial charge in [0, 0.05) is 41.5 Å². The number of hydrogen-bond acceptors (Lipinski definition) is 3. The molecule has 0 saturated carbocycles. The Labute approximate surface area is 90.1 Å². The molecule has 13 heavy (non-hydrogen) atoms. The molecular formula is C9H8INO2. The van der Waals surface area contributed by atoms with Crippen LogP contribution in [-0.2, 0) is 13.1 Å². The molecule has 3 nitrogen and oxygen atoms in total. The lowest BCUT2D eigenvalue weighted by atomic mass is 10.1. The van der Waals surface area contributed by atoms with E-state index in [9.17, 15) is 0 Å². The number of rotatable bonds is 0. The quantitative estimate of drug-likeness (QED) is 0.539. The average Bonchev–Trinajstić information content (AvgIpc) is 2.65. The van der Waals surface area contributed by atoms with Crippen LogP contribution in [0.1, 0.15) is 11.1 Å². The maximum Gasteiger partial charge on any atom is 0.231 e. The summed E-state index contributed by atoms with van der Waals surface area (Å²) in [5, 5.41) is 0. The van der Waals surface area contributed by atoms with E-state index < -0.39 is 0 Å². The fraction of sp³-hybridized carbons (Fsp3) is 0.333. The first-order valence-electron chi connectivity index (χ1n) is 4.15. The van der Waals surface area contributed by atoms with E-state index in [0.29, 0.717) is 6.79 Å². The van der Waals surface area contributed by atoms with Crippen molar-refractivity contribution in [2.24, 2.45) is 0 Å². The van der Waals surface area contributed by atoms with Crippen molar-refractivity contribution in [2.45, 2.75) is 13.1 Å². The Morgan fingerprint density at radius 1 is 1.23 bits per heavy atom. The van der Waals surface area contributed by atoms with Crippen LogP contribution in [0.4, 0.5) is 0 Å². The number of halogens is 1. The topological polar surface area (TPSA) is 21.7 Å². The molecule has 0 spiro atoms. The zero-order chi connectivity index (χ0) is 8.84. The summed E-state index contributed by atoms with van der Waals surface area (Å²) in [5.74, 6) is 1.85. The first kappa shape index (κ1) is 7.87. The molecule has 0 unspecified atom stereocenters. The van der Waals surface area contributed by atoms with E-state index in [2.05, 4.69) is 32.0 Å². The van der Waals surface area contributed by atoms with Gasteiger partial charge in [-0.1, -0.05) is 6.07 Å². The smallest absolute Gasteiger partial charge is 0.231 e. The Kier molecular flexibility index (Phi) is 1.66. The first-order valence-corrected chi connectivity index (χ1v) is 5.12. The van der Waals surface area contributed by atoms with E-state index in [1.807, 2.05) is 6.07 Å². The van der Waals surface area contributed by atoms with Crippen LogP contribution in [0.25, 0.3) is 0 Å². The minimum absolute atomic E-state index is 0.368. The molecule has 2 heterocycles. The molecule has 4 heteroatoms. The normalized spacial score (nSPS) is 19.2. The van der Waals surface area contributed by atoms with Crippen molar-refractivity contribution < 1.29 is 9.47 Å². The molecule has 0 radical (unpaired) electrons. The van der Waals surface area contributed by atoms with E-state index >= 15 is 0 Å². The number of ether oxygens (including phenoxy) is 2. The summed E-state index contributed by atoms with van der Waals surface area (Å²) in [6, 6.07) is 4.12. The van der Waals surface area contributed by atoms with E-state index in [-0.39, 0.29) is 0 Å². The maximum absolute atomic E-state index is 5.44. The van der Waals surface area contributed by atoms with Gasteiger partial charge in [0.1, 0.15) is 0 Å². The Bertz CT molecular complexity index is 367. The van der Waals surface area contributed by atoms with Gasteiger partial charge in [-0.05, 0) is 11.6 Å². The van der Waals surface area contributed by atoms with Gasteiger partial charge in [0.15, 0.2) is 11.5 Å². The van der Waals surface area contributed by atoms with Crippen molar-refractivity contribution in [3.05, 3.63) is 23.3 Å². The SMILES string of the molecule is IN1Cc2ccc3c(c2C1)OCO3. The van der Waals surface area contributed by atoms with Crippen LogP contribution < -0.4 is 9.47 Å². The molecule has 2 aliphatic heterocycles. The second-order valence-corrected chi connectivity index (χ2v) is 4.58. The summed E-state index contributed by atoms with van der Waals surface area (Å²) in [6.07, 6.45) is 0. The molecule has 68 valence electrons. The minimum Gasteiger partial charge on any atom is -0.454 e. The molecule has 0 atom stereocenters. The van der Waals surface area contributed by atoms with Crippen molar-refractivity contribution in [1.29, 1.82) is 0 Å². The number of fused-ring (bicyclic) bond motifs is 3. The molecule has 3 rings (SSSR count). The highest BCUT2D eigenvalue weighted by molar-refractivity contribution is 14.1. The standard InChI is InChI=1S/C9H8INO2/c10-11-3-6-1-2-8-9(7(6)4-11)13-5-12-8/h1-2H,3-5H2. The van der Waals surface area contributed by atoms with Crippen molar-refractivity contribution >= 4 is 22.9 Å². The Morgan fingerprint density at radius 3 is 3.08 bits per heavy atom. The highest BCUT2D eigenvalue weighted by Gasteiger charge is 2.26. The second kappa shape index (κ2) is 2.75. The Balaban J connectivity index is 2.16. The predicted octanol–water partition coefficient (Wildman–Crippen LogP) is 2.08. The molecule has 0 fully saturated rings. The van der Waals surface area contributed by atoms with Crippen molar-refractivity contribution in [3.8, 4) is 11.5 Å². The summed E-state index contributed by atoms with van der Waals surface area (Å²) in [7, 11) is 0. The van der Waals surface area contributed by atoms with Crippen LogP contribution >= 0.6 is 22.9 Å². The van der Waals surface area contributed by atoms with E-state index in [1.54, 1.807) is 0 Å². The maximum atomic E-state index is 5.44. The van der Waals surface area contributed by atoms with Crippen molar-refractivity contribution in [2.75, 3.05) is 6.79 Å². The summed E-state index contributed by atoms with van der Waals surface area (Å²) < 4.78 is 13.0. The molecule has 1 aromatic rings. The molecule has 1 aromatic carbocycles. The highest BCUT2D eigenvalue weighted by atomic mass is 127. The van der Waals surface area contributed by atoms with Crippen LogP contribution in [0, 0.1) is 0 Å². The first-order chi connectivity index (χ1) is 6.34. The van der Waals surface area contributed by atoms with Gasteiger partial charge in [-0.2, -0.15) is 0 Å². The van der Waals surface area contributed by atoms with Gasteiger partial charge in [-0.25, -0.2) is 3.11 Å². The lowest BCUT2D eigenvalue weighted by Crippen LogP contribution is -1.98. The molecule has 0 aliphatic carbocycles. The summed E-state index contributed by atoms with van der Waals surface area (Å²) >= 11 is 2.33. The lowest BCUT2D eigenvalue weighted by molar-refractivity contribution is 0.173. The molecule has 2 aliphatic rings. The van der Waals surface area contributed by atoms with Crippen molar-refractivity contribution in [1.82, 2.24) is 3.11 Å². The van der Waals surface area contributed by atoms with E-state index in [0.717, 1.165) is 24.6 Å². The van der Waals surface area contributed by atoms with Crippen LogP contribution in [0.15, 0.2) is 12.1 Å². The predicted molar refractivity (Wildman–Crippen MR) is 55.8 cm³/mol. The van der Waals surface area contributed by atoms with E-state index in [1.165, 1.54) is 11.1 Å². The number of hydrogen-bond donors (Lipinski definition) is 0. The average molecular weight is 289 g/mol. The largest absolute Gasteiger partial charge is 0.454 e. The van der Waals surface area contributed by atoms with Gasteiger partial charge in [0.2, 0.25) is 6.79 Å². The molecule has 0 bridgehead atoms. The lowest BCUT2D eigenvalue weighted by Gasteiger charge is -2.02. The summed E-state index contributed by atoms with van der Waals surface area (Å²) in [5.41, 5.74) is 2.66. The third-order valence-electron chi connectivity index (χ3n) is 2.41. The van der Waals surface area contributed by atoms with Gasteiger partial charge in [-0.15, -0.1) is 0 Å². The monoisotopic (exact) mass is 289 g/mol.